The second-order valence-electron chi connectivity index (χ2n) is 6.39. The number of alkyl halides is 2. The van der Waals surface area contributed by atoms with E-state index in [4.69, 9.17) is 4.74 Å². The standard InChI is InChI=1S/C20H23F2N3O3/c1-4-17(26)9-16-8-14(5-6-23-16)13(3)25-19(27)15-7-12(2)20(24-10-15)28-11-18(21)22/h5-8,10,13,18H,4,9,11H2,1-3H3,(H,25,27). The number of ketones is 1. The average molecular weight is 391 g/mol. The van der Waals surface area contributed by atoms with Gasteiger partial charge in [0.25, 0.3) is 12.3 Å². The molecule has 1 amide bonds. The van der Waals surface area contributed by atoms with Gasteiger partial charge in [-0.2, -0.15) is 0 Å². The Morgan fingerprint density at radius 2 is 2.00 bits per heavy atom. The van der Waals surface area contributed by atoms with Gasteiger partial charge in [-0.15, -0.1) is 0 Å². The van der Waals surface area contributed by atoms with Gasteiger partial charge in [-0.3, -0.25) is 14.6 Å². The lowest BCUT2D eigenvalue weighted by Gasteiger charge is -2.16. The molecule has 0 spiro atoms. The van der Waals surface area contributed by atoms with Crippen molar-refractivity contribution < 1.29 is 23.1 Å². The normalized spacial score (nSPS) is 11.9. The van der Waals surface area contributed by atoms with E-state index in [1.807, 2.05) is 6.92 Å². The van der Waals surface area contributed by atoms with E-state index in [2.05, 4.69) is 15.3 Å². The minimum absolute atomic E-state index is 0.0734. The molecule has 1 unspecified atom stereocenters. The summed E-state index contributed by atoms with van der Waals surface area (Å²) in [4.78, 5) is 32.2. The Bertz CT molecular complexity index is 843. The Labute approximate surface area is 162 Å². The summed E-state index contributed by atoms with van der Waals surface area (Å²) in [5.41, 5.74) is 2.27. The van der Waals surface area contributed by atoms with Crippen molar-refractivity contribution in [2.45, 2.75) is 46.1 Å². The van der Waals surface area contributed by atoms with Gasteiger partial charge in [0.05, 0.1) is 11.6 Å². The van der Waals surface area contributed by atoms with Crippen LogP contribution in [-0.2, 0) is 11.2 Å². The molecule has 0 aromatic carbocycles. The van der Waals surface area contributed by atoms with E-state index in [9.17, 15) is 18.4 Å². The van der Waals surface area contributed by atoms with Gasteiger partial charge in [0.2, 0.25) is 5.88 Å². The lowest BCUT2D eigenvalue weighted by molar-refractivity contribution is -0.118. The topological polar surface area (TPSA) is 81.2 Å². The molecule has 0 saturated carbocycles. The maximum Gasteiger partial charge on any atom is 0.272 e. The van der Waals surface area contributed by atoms with Crippen LogP contribution in [0.1, 0.15) is 53.5 Å². The molecule has 8 heteroatoms. The third-order valence-corrected chi connectivity index (χ3v) is 4.10. The first kappa shape index (κ1) is 21.4. The van der Waals surface area contributed by atoms with E-state index in [0.717, 1.165) is 5.56 Å². The first-order chi connectivity index (χ1) is 13.3. The number of Topliss-reactive ketones (excluding diaryl/α,β-unsaturated/α-hetero) is 1. The fourth-order valence-corrected chi connectivity index (χ4v) is 2.53. The van der Waals surface area contributed by atoms with E-state index in [0.29, 0.717) is 23.2 Å². The summed E-state index contributed by atoms with van der Waals surface area (Å²) in [6.07, 6.45) is 1.00. The summed E-state index contributed by atoms with van der Waals surface area (Å²) < 4.78 is 29.4. The highest BCUT2D eigenvalue weighted by molar-refractivity contribution is 5.94. The van der Waals surface area contributed by atoms with Crippen molar-refractivity contribution in [1.82, 2.24) is 15.3 Å². The van der Waals surface area contributed by atoms with Crippen LogP contribution in [0.15, 0.2) is 30.6 Å². The van der Waals surface area contributed by atoms with Crippen molar-refractivity contribution in [3.05, 3.63) is 53.0 Å². The van der Waals surface area contributed by atoms with E-state index >= 15 is 0 Å². The number of aryl methyl sites for hydroxylation is 1. The third-order valence-electron chi connectivity index (χ3n) is 4.10. The summed E-state index contributed by atoms with van der Waals surface area (Å²) >= 11 is 0. The molecular formula is C20H23F2N3O3. The summed E-state index contributed by atoms with van der Waals surface area (Å²) in [7, 11) is 0. The molecule has 6 nitrogen and oxygen atoms in total. The number of pyridine rings is 2. The molecule has 2 rings (SSSR count). The molecule has 0 aliphatic rings. The number of hydrogen-bond donors (Lipinski definition) is 1. The quantitative estimate of drug-likeness (QED) is 0.708. The number of carbonyl (C=O) groups is 2. The molecule has 0 aliphatic heterocycles. The molecule has 2 aromatic heterocycles. The fraction of sp³-hybridized carbons (Fsp3) is 0.400. The van der Waals surface area contributed by atoms with Crippen LogP contribution < -0.4 is 10.1 Å². The van der Waals surface area contributed by atoms with E-state index in [1.54, 1.807) is 32.2 Å². The molecule has 1 atom stereocenters. The van der Waals surface area contributed by atoms with Crippen LogP contribution in [0.5, 0.6) is 5.88 Å². The maximum absolute atomic E-state index is 12.5. The van der Waals surface area contributed by atoms with E-state index < -0.39 is 13.0 Å². The summed E-state index contributed by atoms with van der Waals surface area (Å²) in [5, 5.41) is 2.85. The van der Waals surface area contributed by atoms with Gasteiger partial charge in [-0.05, 0) is 37.6 Å². The molecule has 0 aliphatic carbocycles. The van der Waals surface area contributed by atoms with Crippen molar-refractivity contribution >= 4 is 11.7 Å². The lowest BCUT2D eigenvalue weighted by atomic mass is 10.1. The predicted octanol–water partition coefficient (Wildman–Crippen LogP) is 3.44. The van der Waals surface area contributed by atoms with Crippen LogP contribution in [0.4, 0.5) is 8.78 Å². The number of carbonyl (C=O) groups excluding carboxylic acids is 2. The van der Waals surface area contributed by atoms with Crippen molar-refractivity contribution in [2.24, 2.45) is 0 Å². The molecule has 2 heterocycles. The molecule has 28 heavy (non-hydrogen) atoms. The second-order valence-corrected chi connectivity index (χ2v) is 6.39. The minimum Gasteiger partial charge on any atom is -0.471 e. The molecule has 150 valence electrons. The van der Waals surface area contributed by atoms with Gasteiger partial charge in [-0.25, -0.2) is 13.8 Å². The predicted molar refractivity (Wildman–Crippen MR) is 99.6 cm³/mol. The molecule has 0 radical (unpaired) electrons. The van der Waals surface area contributed by atoms with Crippen LogP contribution in [0.2, 0.25) is 0 Å². The number of halogens is 2. The largest absolute Gasteiger partial charge is 0.471 e. The van der Waals surface area contributed by atoms with Gasteiger partial charge < -0.3 is 10.1 Å². The Morgan fingerprint density at radius 1 is 1.25 bits per heavy atom. The number of nitrogens with zero attached hydrogens (tertiary/aromatic N) is 2. The zero-order valence-electron chi connectivity index (χ0n) is 16.0. The van der Waals surface area contributed by atoms with Crippen LogP contribution in [0.3, 0.4) is 0 Å². The number of aromatic nitrogens is 2. The summed E-state index contributed by atoms with van der Waals surface area (Å²) in [6.45, 7) is 4.50. The fourth-order valence-electron chi connectivity index (χ4n) is 2.53. The van der Waals surface area contributed by atoms with Crippen molar-refractivity contribution in [1.29, 1.82) is 0 Å². The van der Waals surface area contributed by atoms with Crippen LogP contribution >= 0.6 is 0 Å². The zero-order valence-corrected chi connectivity index (χ0v) is 16.0. The molecule has 0 fully saturated rings. The highest BCUT2D eigenvalue weighted by Crippen LogP contribution is 2.18. The first-order valence-corrected chi connectivity index (χ1v) is 8.95. The van der Waals surface area contributed by atoms with Crippen LogP contribution in [0, 0.1) is 6.92 Å². The average Bonchev–Trinajstić information content (AvgIpc) is 2.66. The second kappa shape index (κ2) is 9.87. The lowest BCUT2D eigenvalue weighted by Crippen LogP contribution is -2.27. The number of hydrogen-bond acceptors (Lipinski definition) is 5. The smallest absolute Gasteiger partial charge is 0.272 e. The molecule has 0 bridgehead atoms. The Hall–Kier alpha value is -2.90. The van der Waals surface area contributed by atoms with Gasteiger partial charge in [0.15, 0.2) is 6.61 Å². The number of rotatable bonds is 9. The zero-order chi connectivity index (χ0) is 20.7. The summed E-state index contributed by atoms with van der Waals surface area (Å²) in [6, 6.07) is 4.79. The molecular weight excluding hydrogens is 368 g/mol. The number of ether oxygens (including phenoxy) is 1. The van der Waals surface area contributed by atoms with Crippen LogP contribution in [0.25, 0.3) is 0 Å². The Balaban J connectivity index is 2.05. The minimum atomic E-state index is -2.59. The monoisotopic (exact) mass is 391 g/mol. The van der Waals surface area contributed by atoms with Crippen molar-refractivity contribution in [3.63, 3.8) is 0 Å². The van der Waals surface area contributed by atoms with Gasteiger partial charge in [-0.1, -0.05) is 6.92 Å². The molecule has 2 aromatic rings. The molecule has 0 saturated heterocycles. The van der Waals surface area contributed by atoms with Crippen molar-refractivity contribution in [3.8, 4) is 5.88 Å². The first-order valence-electron chi connectivity index (χ1n) is 8.95. The maximum atomic E-state index is 12.5. The Kier molecular flexibility index (Phi) is 7.54. The van der Waals surface area contributed by atoms with E-state index in [-0.39, 0.29) is 30.0 Å². The Morgan fingerprint density at radius 3 is 2.64 bits per heavy atom. The number of amides is 1. The van der Waals surface area contributed by atoms with E-state index in [1.165, 1.54) is 12.3 Å². The SMILES string of the molecule is CCC(=O)Cc1cc(C(C)NC(=O)c2cnc(OCC(F)F)c(C)c2)ccn1. The van der Waals surface area contributed by atoms with Gasteiger partial charge >= 0.3 is 0 Å². The highest BCUT2D eigenvalue weighted by Gasteiger charge is 2.15. The molecule has 1 N–H and O–H groups in total. The van der Waals surface area contributed by atoms with Gasteiger partial charge in [0, 0.05) is 36.5 Å². The number of nitrogens with one attached hydrogen (secondary N) is 1. The van der Waals surface area contributed by atoms with Crippen LogP contribution in [-0.4, -0.2) is 34.7 Å². The van der Waals surface area contributed by atoms with Gasteiger partial charge in [0.1, 0.15) is 5.78 Å². The van der Waals surface area contributed by atoms with Crippen molar-refractivity contribution in [2.75, 3.05) is 6.61 Å². The highest BCUT2D eigenvalue weighted by atomic mass is 19.3. The third kappa shape index (κ3) is 6.07. The summed E-state index contributed by atoms with van der Waals surface area (Å²) in [5.74, 6) is -0.187.